The molecule has 0 amide bonds. The van der Waals surface area contributed by atoms with Crippen LogP contribution in [0.15, 0.2) is 52.3 Å². The van der Waals surface area contributed by atoms with Crippen LogP contribution < -0.4 is 0 Å². The van der Waals surface area contributed by atoms with Crippen molar-refractivity contribution in [1.29, 1.82) is 0 Å². The minimum Gasteiger partial charge on any atom is -0.122 e. The van der Waals surface area contributed by atoms with Crippen LogP contribution in [0, 0.1) is 2.88 Å². The molecule has 0 spiro atoms. The Balaban J connectivity index is 1.92. The van der Waals surface area contributed by atoms with E-state index in [0.29, 0.717) is 0 Å². The minimum atomic E-state index is 0.170. The van der Waals surface area contributed by atoms with Crippen LogP contribution in [0.3, 0.4) is 0 Å². The SMILES string of the molecule is CCCCC1(CCCC)c2ccccc2-c2ccc(-c3cc(I)sc3Br)cc21. The molecule has 0 aliphatic heterocycles. The van der Waals surface area contributed by atoms with Crippen LogP contribution in [0.25, 0.3) is 22.3 Å². The second-order valence-electron chi connectivity index (χ2n) is 7.83. The van der Waals surface area contributed by atoms with Crippen molar-refractivity contribution in [1.82, 2.24) is 0 Å². The first-order chi connectivity index (χ1) is 13.6. The van der Waals surface area contributed by atoms with Crippen LogP contribution in [0.1, 0.15) is 63.5 Å². The zero-order chi connectivity index (χ0) is 19.7. The summed E-state index contributed by atoms with van der Waals surface area (Å²) in [5.41, 5.74) is 8.86. The Morgan fingerprint density at radius 2 is 1.54 bits per heavy atom. The van der Waals surface area contributed by atoms with Crippen LogP contribution in [0.5, 0.6) is 0 Å². The number of hydrogen-bond acceptors (Lipinski definition) is 1. The van der Waals surface area contributed by atoms with Gasteiger partial charge in [0, 0.05) is 11.0 Å². The highest BCUT2D eigenvalue weighted by Crippen LogP contribution is 2.55. The molecule has 0 saturated heterocycles. The van der Waals surface area contributed by atoms with Crippen molar-refractivity contribution in [3.8, 4) is 22.3 Å². The lowest BCUT2D eigenvalue weighted by Crippen LogP contribution is -2.25. The highest BCUT2D eigenvalue weighted by molar-refractivity contribution is 14.1. The van der Waals surface area contributed by atoms with Crippen LogP contribution >= 0.6 is 49.9 Å². The van der Waals surface area contributed by atoms with Gasteiger partial charge in [0.2, 0.25) is 0 Å². The van der Waals surface area contributed by atoms with E-state index in [-0.39, 0.29) is 5.41 Å². The molecule has 1 aliphatic carbocycles. The maximum atomic E-state index is 3.79. The van der Waals surface area contributed by atoms with E-state index in [9.17, 15) is 0 Å². The lowest BCUT2D eigenvalue weighted by Gasteiger charge is -2.33. The van der Waals surface area contributed by atoms with Gasteiger partial charge in [-0.25, -0.2) is 0 Å². The van der Waals surface area contributed by atoms with Crippen LogP contribution in [-0.2, 0) is 5.41 Å². The lowest BCUT2D eigenvalue weighted by atomic mass is 9.70. The molecule has 0 fully saturated rings. The molecule has 0 N–H and O–H groups in total. The summed E-state index contributed by atoms with van der Waals surface area (Å²) in [4.78, 5) is 0. The summed E-state index contributed by atoms with van der Waals surface area (Å²) in [6, 6.07) is 18.7. The summed E-state index contributed by atoms with van der Waals surface area (Å²) in [7, 11) is 0. The van der Waals surface area contributed by atoms with Gasteiger partial charge in [0.1, 0.15) is 0 Å². The van der Waals surface area contributed by atoms with E-state index in [4.69, 9.17) is 0 Å². The van der Waals surface area contributed by atoms with Crippen LogP contribution in [0.2, 0.25) is 0 Å². The van der Waals surface area contributed by atoms with Crippen LogP contribution in [0.4, 0.5) is 0 Å². The molecule has 0 unspecified atom stereocenters. The monoisotopic (exact) mass is 564 g/mol. The van der Waals surface area contributed by atoms with E-state index >= 15 is 0 Å². The molecule has 2 aromatic carbocycles. The first kappa shape index (κ1) is 20.6. The van der Waals surface area contributed by atoms with Crippen molar-refractivity contribution in [2.75, 3.05) is 0 Å². The Hall–Kier alpha value is -0.650. The second kappa shape index (κ2) is 8.61. The molecule has 3 heteroatoms. The van der Waals surface area contributed by atoms with E-state index in [1.54, 1.807) is 11.1 Å². The quantitative estimate of drug-likeness (QED) is 0.251. The molecular weight excluding hydrogens is 539 g/mol. The number of unbranched alkanes of at least 4 members (excludes halogenated alkanes) is 2. The average Bonchev–Trinajstić information content (AvgIpc) is 3.19. The predicted molar refractivity (Wildman–Crippen MR) is 135 cm³/mol. The smallest absolute Gasteiger partial charge is 0.0788 e. The first-order valence-corrected chi connectivity index (χ1v) is 13.0. The molecule has 0 bridgehead atoms. The maximum Gasteiger partial charge on any atom is 0.0788 e. The molecule has 1 aromatic heterocycles. The van der Waals surface area contributed by atoms with Crippen molar-refractivity contribution < 1.29 is 0 Å². The van der Waals surface area contributed by atoms with E-state index in [1.807, 2.05) is 11.3 Å². The average molecular weight is 565 g/mol. The Morgan fingerprint density at radius 1 is 0.857 bits per heavy atom. The fraction of sp³-hybridized carbons (Fsp3) is 0.360. The van der Waals surface area contributed by atoms with Crippen LogP contribution in [-0.4, -0.2) is 0 Å². The lowest BCUT2D eigenvalue weighted by molar-refractivity contribution is 0.414. The number of benzene rings is 2. The van der Waals surface area contributed by atoms with Gasteiger partial charge in [0.25, 0.3) is 0 Å². The molecule has 1 heterocycles. The Bertz CT molecular complexity index is 980. The second-order valence-corrected chi connectivity index (χ2v) is 12.1. The van der Waals surface area contributed by atoms with Crippen molar-refractivity contribution >= 4 is 49.9 Å². The molecule has 28 heavy (non-hydrogen) atoms. The summed E-state index contributed by atoms with van der Waals surface area (Å²) < 4.78 is 2.56. The summed E-state index contributed by atoms with van der Waals surface area (Å²) in [5.74, 6) is 0. The van der Waals surface area contributed by atoms with Crippen molar-refractivity contribution in [3.63, 3.8) is 0 Å². The van der Waals surface area contributed by atoms with E-state index in [0.717, 1.165) is 0 Å². The fourth-order valence-electron chi connectivity index (χ4n) is 4.78. The normalized spacial score (nSPS) is 14.1. The van der Waals surface area contributed by atoms with E-state index < -0.39 is 0 Å². The first-order valence-electron chi connectivity index (χ1n) is 10.3. The standard InChI is InChI=1S/C25H26BrIS/c1-3-5-13-25(14-6-4-2)21-10-8-7-9-18(21)19-12-11-17(15-22(19)25)20-16-23(27)28-24(20)26/h7-12,15-16H,3-6,13-14H2,1-2H3. The fourth-order valence-corrected chi connectivity index (χ4v) is 8.16. The Morgan fingerprint density at radius 3 is 2.18 bits per heavy atom. The van der Waals surface area contributed by atoms with Crippen molar-refractivity contribution in [3.05, 3.63) is 66.3 Å². The van der Waals surface area contributed by atoms with Gasteiger partial charge in [0.05, 0.1) is 6.67 Å². The molecule has 1 aliphatic rings. The summed E-state index contributed by atoms with van der Waals surface area (Å²) in [6.45, 7) is 4.63. The molecule has 0 nitrogen and oxygen atoms in total. The zero-order valence-electron chi connectivity index (χ0n) is 16.5. The van der Waals surface area contributed by atoms with Gasteiger partial charge in [-0.3, -0.25) is 0 Å². The highest BCUT2D eigenvalue weighted by atomic mass is 127. The maximum absolute atomic E-state index is 3.79. The van der Waals surface area contributed by atoms with Gasteiger partial charge in [-0.1, -0.05) is 75.9 Å². The zero-order valence-corrected chi connectivity index (χ0v) is 21.1. The summed E-state index contributed by atoms with van der Waals surface area (Å²) in [6.07, 6.45) is 7.56. The molecule has 0 saturated carbocycles. The highest BCUT2D eigenvalue weighted by Gasteiger charge is 2.42. The number of rotatable bonds is 7. The van der Waals surface area contributed by atoms with Gasteiger partial charge in [0.15, 0.2) is 0 Å². The van der Waals surface area contributed by atoms with Gasteiger partial charge in [-0.05, 0) is 91.3 Å². The van der Waals surface area contributed by atoms with Gasteiger partial charge in [-0.2, -0.15) is 0 Å². The number of thiophene rings is 1. The van der Waals surface area contributed by atoms with Crippen molar-refractivity contribution in [2.45, 2.75) is 57.8 Å². The minimum absolute atomic E-state index is 0.170. The number of halogens is 2. The molecule has 4 rings (SSSR count). The van der Waals surface area contributed by atoms with E-state index in [2.05, 4.69) is 101 Å². The Kier molecular flexibility index (Phi) is 6.34. The van der Waals surface area contributed by atoms with Gasteiger partial charge >= 0.3 is 0 Å². The molecular formula is C25H26BrIS. The van der Waals surface area contributed by atoms with Gasteiger partial charge < -0.3 is 0 Å². The third-order valence-electron chi connectivity index (χ3n) is 6.15. The van der Waals surface area contributed by atoms with Gasteiger partial charge in [-0.15, -0.1) is 11.3 Å². The number of fused-ring (bicyclic) bond motifs is 3. The molecule has 0 atom stereocenters. The molecule has 3 aromatic rings. The summed E-state index contributed by atoms with van der Waals surface area (Å²) in [5, 5.41) is 0. The van der Waals surface area contributed by atoms with Crippen molar-refractivity contribution in [2.24, 2.45) is 0 Å². The Labute approximate surface area is 195 Å². The number of hydrogen-bond donors (Lipinski definition) is 0. The topological polar surface area (TPSA) is 0 Å². The molecule has 0 radical (unpaired) electrons. The third-order valence-corrected chi connectivity index (χ3v) is 8.75. The van der Waals surface area contributed by atoms with E-state index in [1.165, 1.54) is 67.4 Å². The summed E-state index contributed by atoms with van der Waals surface area (Å²) >= 11 is 8.03. The predicted octanol–water partition coefficient (Wildman–Crippen LogP) is 9.43. The molecule has 146 valence electrons. The third kappa shape index (κ3) is 3.52. The largest absolute Gasteiger partial charge is 0.122 e.